The largest absolute Gasteiger partial charge is 0.493 e. The van der Waals surface area contributed by atoms with Gasteiger partial charge in [-0.15, -0.1) is 0 Å². The maximum absolute atomic E-state index is 12.3. The van der Waals surface area contributed by atoms with Crippen LogP contribution in [-0.2, 0) is 16.1 Å². The molecule has 1 atom stereocenters. The van der Waals surface area contributed by atoms with Gasteiger partial charge in [-0.3, -0.25) is 4.79 Å². The minimum atomic E-state index is 0.0834. The minimum Gasteiger partial charge on any atom is -0.493 e. The van der Waals surface area contributed by atoms with E-state index in [9.17, 15) is 4.79 Å². The van der Waals surface area contributed by atoms with Crippen molar-refractivity contribution in [3.8, 4) is 22.9 Å². The van der Waals surface area contributed by atoms with Gasteiger partial charge in [-0.1, -0.05) is 5.16 Å². The maximum atomic E-state index is 12.3. The second-order valence-corrected chi connectivity index (χ2v) is 7.13. The average molecular weight is 373 g/mol. The first-order valence-corrected chi connectivity index (χ1v) is 9.03. The zero-order chi connectivity index (χ0) is 18.9. The summed E-state index contributed by atoms with van der Waals surface area (Å²) in [5, 5.41) is 4.05. The number of benzene rings is 1. The summed E-state index contributed by atoms with van der Waals surface area (Å²) in [6.45, 7) is 2.49. The lowest BCUT2D eigenvalue weighted by atomic mass is 9.79. The molecule has 0 saturated carbocycles. The van der Waals surface area contributed by atoms with Crippen molar-refractivity contribution in [2.24, 2.45) is 5.41 Å². The Morgan fingerprint density at radius 3 is 2.81 bits per heavy atom. The highest BCUT2D eigenvalue weighted by atomic mass is 16.5. The van der Waals surface area contributed by atoms with Crippen molar-refractivity contribution in [2.75, 3.05) is 34.0 Å². The summed E-state index contributed by atoms with van der Waals surface area (Å²) in [5.41, 5.74) is 0.841. The lowest BCUT2D eigenvalue weighted by Crippen LogP contribution is -2.46. The zero-order valence-electron chi connectivity index (χ0n) is 15.6. The first-order valence-electron chi connectivity index (χ1n) is 9.03. The monoisotopic (exact) mass is 373 g/mol. The van der Waals surface area contributed by atoms with Crippen molar-refractivity contribution in [3.63, 3.8) is 0 Å². The summed E-state index contributed by atoms with van der Waals surface area (Å²) >= 11 is 0. The number of ether oxygens (including phenoxy) is 3. The molecule has 1 unspecified atom stereocenters. The van der Waals surface area contributed by atoms with E-state index in [1.807, 2.05) is 11.0 Å². The van der Waals surface area contributed by atoms with Crippen molar-refractivity contribution >= 4 is 5.91 Å². The predicted octanol–water partition coefficient (Wildman–Crippen LogP) is 2.28. The van der Waals surface area contributed by atoms with E-state index in [2.05, 4.69) is 10.1 Å². The van der Waals surface area contributed by atoms with Crippen LogP contribution in [0.4, 0.5) is 0 Å². The van der Waals surface area contributed by atoms with Crippen LogP contribution in [0.1, 0.15) is 25.2 Å². The smallest absolute Gasteiger partial charge is 0.246 e. The standard InChI is InChI=1S/C19H23N3O5/c1-24-14-4-3-13(9-15(14)25-2)18-20-16(27-21-18)10-22-11-19(6-5-17(22)23)7-8-26-12-19/h3-4,9H,5-8,10-12H2,1-2H3. The normalized spacial score (nSPS) is 22.4. The van der Waals surface area contributed by atoms with E-state index in [4.69, 9.17) is 18.7 Å². The number of hydrogen-bond acceptors (Lipinski definition) is 7. The number of hydrogen-bond donors (Lipinski definition) is 0. The molecule has 27 heavy (non-hydrogen) atoms. The lowest BCUT2D eigenvalue weighted by Gasteiger charge is -2.38. The molecular weight excluding hydrogens is 350 g/mol. The van der Waals surface area contributed by atoms with Crippen molar-refractivity contribution in [3.05, 3.63) is 24.1 Å². The number of carbonyl (C=O) groups excluding carboxylic acids is 1. The van der Waals surface area contributed by atoms with Crippen LogP contribution < -0.4 is 9.47 Å². The first-order chi connectivity index (χ1) is 13.1. The molecule has 2 fully saturated rings. The van der Waals surface area contributed by atoms with Gasteiger partial charge in [0, 0.05) is 30.6 Å². The molecule has 144 valence electrons. The lowest BCUT2D eigenvalue weighted by molar-refractivity contribution is -0.138. The van der Waals surface area contributed by atoms with Crippen LogP contribution in [0.2, 0.25) is 0 Å². The quantitative estimate of drug-likeness (QED) is 0.794. The van der Waals surface area contributed by atoms with E-state index in [0.29, 0.717) is 42.7 Å². The molecule has 1 spiro atoms. The number of methoxy groups -OCH3 is 2. The molecule has 0 bridgehead atoms. The molecule has 2 aliphatic heterocycles. The van der Waals surface area contributed by atoms with Crippen LogP contribution >= 0.6 is 0 Å². The molecule has 1 aromatic heterocycles. The SMILES string of the molecule is COc1ccc(-c2noc(CN3CC4(CCOC4)CCC3=O)n2)cc1OC. The third kappa shape index (κ3) is 3.49. The highest BCUT2D eigenvalue weighted by molar-refractivity contribution is 5.77. The van der Waals surface area contributed by atoms with Gasteiger partial charge in [0.15, 0.2) is 11.5 Å². The van der Waals surface area contributed by atoms with Crippen molar-refractivity contribution in [1.82, 2.24) is 15.0 Å². The fraction of sp³-hybridized carbons (Fsp3) is 0.526. The van der Waals surface area contributed by atoms with Crippen LogP contribution in [0.15, 0.2) is 22.7 Å². The molecular formula is C19H23N3O5. The van der Waals surface area contributed by atoms with Crippen LogP contribution in [-0.4, -0.2) is 54.9 Å². The summed E-state index contributed by atoms with van der Waals surface area (Å²) in [5.74, 6) is 2.22. The summed E-state index contributed by atoms with van der Waals surface area (Å²) in [6, 6.07) is 5.43. The number of aromatic nitrogens is 2. The predicted molar refractivity (Wildman–Crippen MR) is 95.4 cm³/mol. The van der Waals surface area contributed by atoms with E-state index in [-0.39, 0.29) is 11.3 Å². The Hall–Kier alpha value is -2.61. The molecule has 8 heteroatoms. The van der Waals surface area contributed by atoms with Crippen LogP contribution in [0.3, 0.4) is 0 Å². The number of piperidine rings is 1. The molecule has 0 aliphatic carbocycles. The summed E-state index contributed by atoms with van der Waals surface area (Å²) in [6.07, 6.45) is 2.43. The van der Waals surface area contributed by atoms with E-state index in [0.717, 1.165) is 31.6 Å². The molecule has 2 saturated heterocycles. The molecule has 2 aliphatic rings. The van der Waals surface area contributed by atoms with Gasteiger partial charge < -0.3 is 23.6 Å². The Morgan fingerprint density at radius 1 is 1.22 bits per heavy atom. The summed E-state index contributed by atoms with van der Waals surface area (Å²) in [7, 11) is 3.16. The van der Waals surface area contributed by atoms with Gasteiger partial charge in [-0.25, -0.2) is 0 Å². The number of nitrogens with zero attached hydrogens (tertiary/aromatic N) is 3. The Morgan fingerprint density at radius 2 is 2.07 bits per heavy atom. The van der Waals surface area contributed by atoms with Crippen LogP contribution in [0.5, 0.6) is 11.5 Å². The Balaban J connectivity index is 1.50. The van der Waals surface area contributed by atoms with Crippen molar-refractivity contribution < 1.29 is 23.5 Å². The molecule has 1 amide bonds. The molecule has 1 aromatic carbocycles. The fourth-order valence-electron chi connectivity index (χ4n) is 3.79. The molecule has 0 N–H and O–H groups in total. The second kappa shape index (κ2) is 7.19. The van der Waals surface area contributed by atoms with Gasteiger partial charge in [-0.2, -0.15) is 4.98 Å². The van der Waals surface area contributed by atoms with E-state index in [1.54, 1.807) is 26.4 Å². The number of rotatable bonds is 5. The third-order valence-electron chi connectivity index (χ3n) is 5.37. The molecule has 0 radical (unpaired) electrons. The Bertz CT molecular complexity index is 829. The van der Waals surface area contributed by atoms with Crippen molar-refractivity contribution in [2.45, 2.75) is 25.8 Å². The highest BCUT2D eigenvalue weighted by Gasteiger charge is 2.42. The second-order valence-electron chi connectivity index (χ2n) is 7.13. The zero-order valence-corrected chi connectivity index (χ0v) is 15.6. The summed E-state index contributed by atoms with van der Waals surface area (Å²) in [4.78, 5) is 18.6. The van der Waals surface area contributed by atoms with Gasteiger partial charge in [-0.05, 0) is 31.0 Å². The molecule has 4 rings (SSSR count). The van der Waals surface area contributed by atoms with Gasteiger partial charge in [0.25, 0.3) is 0 Å². The van der Waals surface area contributed by atoms with E-state index >= 15 is 0 Å². The molecule has 8 nitrogen and oxygen atoms in total. The van der Waals surface area contributed by atoms with E-state index < -0.39 is 0 Å². The minimum absolute atomic E-state index is 0.0834. The topological polar surface area (TPSA) is 86.9 Å². The van der Waals surface area contributed by atoms with E-state index in [1.165, 1.54) is 0 Å². The van der Waals surface area contributed by atoms with Crippen molar-refractivity contribution in [1.29, 1.82) is 0 Å². The van der Waals surface area contributed by atoms with Gasteiger partial charge in [0.2, 0.25) is 17.6 Å². The number of carbonyl (C=O) groups is 1. The number of amides is 1. The average Bonchev–Trinajstić information content (AvgIpc) is 3.34. The Kier molecular flexibility index (Phi) is 4.73. The fourth-order valence-corrected chi connectivity index (χ4v) is 3.79. The molecule has 3 heterocycles. The van der Waals surface area contributed by atoms with Gasteiger partial charge >= 0.3 is 0 Å². The van der Waals surface area contributed by atoms with Gasteiger partial charge in [0.05, 0.1) is 20.8 Å². The summed E-state index contributed by atoms with van der Waals surface area (Å²) < 4.78 is 21.5. The third-order valence-corrected chi connectivity index (χ3v) is 5.37. The first kappa shape index (κ1) is 17.8. The maximum Gasteiger partial charge on any atom is 0.246 e. The van der Waals surface area contributed by atoms with Gasteiger partial charge in [0.1, 0.15) is 6.54 Å². The Labute approximate surface area is 157 Å². The number of likely N-dealkylation sites (tertiary alicyclic amines) is 1. The van der Waals surface area contributed by atoms with Crippen LogP contribution in [0.25, 0.3) is 11.4 Å². The molecule has 2 aromatic rings. The highest BCUT2D eigenvalue weighted by Crippen LogP contribution is 2.38. The van der Waals surface area contributed by atoms with Crippen LogP contribution in [0, 0.1) is 5.41 Å².